The van der Waals surface area contributed by atoms with Crippen molar-refractivity contribution in [1.82, 2.24) is 9.78 Å². The maximum Gasteiger partial charge on any atom is 0.264 e. The monoisotopic (exact) mass is 446 g/mol. The number of nitrogens with zero attached hydrogens (tertiary/aromatic N) is 3. The first-order chi connectivity index (χ1) is 15.4. The molecule has 1 aromatic heterocycles. The molecule has 0 bridgehead atoms. The van der Waals surface area contributed by atoms with Gasteiger partial charge >= 0.3 is 0 Å². The Morgan fingerprint density at radius 2 is 1.53 bits per heavy atom. The first-order valence-electron chi connectivity index (χ1n) is 9.96. The Morgan fingerprint density at radius 1 is 0.906 bits per heavy atom. The first kappa shape index (κ1) is 21.3. The summed E-state index contributed by atoms with van der Waals surface area (Å²) < 4.78 is 28.7. The summed E-state index contributed by atoms with van der Waals surface area (Å²) in [7, 11) is -2.24. The van der Waals surface area contributed by atoms with Crippen molar-refractivity contribution in [1.29, 1.82) is 0 Å². The zero-order chi connectivity index (χ0) is 22.6. The molecule has 0 aliphatic carbocycles. The smallest absolute Gasteiger partial charge is 0.264 e. The van der Waals surface area contributed by atoms with E-state index < -0.39 is 10.0 Å². The van der Waals surface area contributed by atoms with Crippen molar-refractivity contribution in [3.05, 3.63) is 108 Å². The minimum absolute atomic E-state index is 0.106. The highest BCUT2D eigenvalue weighted by atomic mass is 32.2. The number of aromatic nitrogens is 2. The van der Waals surface area contributed by atoms with Gasteiger partial charge in [-0.25, -0.2) is 13.1 Å². The van der Waals surface area contributed by atoms with Crippen LogP contribution < -0.4 is 9.62 Å². The third-order valence-electron chi connectivity index (χ3n) is 5.03. The number of rotatable bonds is 7. The Hall–Kier alpha value is -3.91. The minimum Gasteiger partial charge on any atom is -0.307 e. The summed E-state index contributed by atoms with van der Waals surface area (Å²) in [5, 5.41) is 7.11. The SMILES string of the molecule is CN(c1ccccc1)S(=O)(=O)c1ccc(C(=O)Nc2ccnn2Cc2ccccc2)cc1. The van der Waals surface area contributed by atoms with Crippen LogP contribution in [0.4, 0.5) is 11.5 Å². The molecule has 0 spiro atoms. The molecule has 0 atom stereocenters. The second kappa shape index (κ2) is 9.07. The molecule has 8 heteroatoms. The Morgan fingerprint density at radius 3 is 2.19 bits per heavy atom. The Labute approximate surface area is 187 Å². The molecule has 0 unspecified atom stereocenters. The fourth-order valence-corrected chi connectivity index (χ4v) is 4.42. The molecule has 0 aliphatic heterocycles. The topological polar surface area (TPSA) is 84.3 Å². The van der Waals surface area contributed by atoms with Crippen LogP contribution >= 0.6 is 0 Å². The number of sulfonamides is 1. The quantitative estimate of drug-likeness (QED) is 0.465. The van der Waals surface area contributed by atoms with Gasteiger partial charge in [0.15, 0.2) is 0 Å². The van der Waals surface area contributed by atoms with Gasteiger partial charge in [0.1, 0.15) is 5.82 Å². The van der Waals surface area contributed by atoms with E-state index in [9.17, 15) is 13.2 Å². The maximum atomic E-state index is 12.9. The lowest BCUT2D eigenvalue weighted by Crippen LogP contribution is -2.26. The summed E-state index contributed by atoms with van der Waals surface area (Å²) in [4.78, 5) is 12.8. The van der Waals surface area contributed by atoms with Crippen LogP contribution in [0.3, 0.4) is 0 Å². The maximum absolute atomic E-state index is 12.9. The summed E-state index contributed by atoms with van der Waals surface area (Å²) in [6.45, 7) is 0.520. The number of carbonyl (C=O) groups is 1. The molecule has 1 amide bonds. The summed E-state index contributed by atoms with van der Waals surface area (Å²) in [5.74, 6) is 0.208. The number of amides is 1. The molecule has 7 nitrogen and oxygen atoms in total. The van der Waals surface area contributed by atoms with E-state index >= 15 is 0 Å². The normalized spacial score (nSPS) is 11.2. The van der Waals surface area contributed by atoms with Gasteiger partial charge in [-0.05, 0) is 42.0 Å². The molecule has 162 valence electrons. The molecular weight excluding hydrogens is 424 g/mol. The van der Waals surface area contributed by atoms with Crippen LogP contribution in [0.2, 0.25) is 0 Å². The van der Waals surface area contributed by atoms with Gasteiger partial charge in [0.25, 0.3) is 15.9 Å². The van der Waals surface area contributed by atoms with Crippen LogP contribution in [0.25, 0.3) is 0 Å². The molecule has 0 radical (unpaired) electrons. The van der Waals surface area contributed by atoms with Gasteiger partial charge in [0.2, 0.25) is 0 Å². The van der Waals surface area contributed by atoms with Crippen molar-refractivity contribution >= 4 is 27.4 Å². The highest BCUT2D eigenvalue weighted by Crippen LogP contribution is 2.22. The molecule has 32 heavy (non-hydrogen) atoms. The van der Waals surface area contributed by atoms with E-state index in [4.69, 9.17) is 0 Å². The fraction of sp³-hybridized carbons (Fsp3) is 0.0833. The number of benzene rings is 3. The second-order valence-corrected chi connectivity index (χ2v) is 9.12. The summed E-state index contributed by atoms with van der Waals surface area (Å²) >= 11 is 0. The predicted octanol–water partition coefficient (Wildman–Crippen LogP) is 4.01. The van der Waals surface area contributed by atoms with Crippen molar-refractivity contribution in [3.63, 3.8) is 0 Å². The van der Waals surface area contributed by atoms with Crippen LogP contribution in [0.5, 0.6) is 0 Å². The molecular formula is C24H22N4O3S. The zero-order valence-corrected chi connectivity index (χ0v) is 18.2. The van der Waals surface area contributed by atoms with E-state index in [-0.39, 0.29) is 10.8 Å². The van der Waals surface area contributed by atoms with Gasteiger partial charge in [0, 0.05) is 18.7 Å². The van der Waals surface area contributed by atoms with Gasteiger partial charge in [-0.2, -0.15) is 5.10 Å². The molecule has 4 rings (SSSR count). The van der Waals surface area contributed by atoms with Gasteiger partial charge < -0.3 is 5.32 Å². The molecule has 4 aromatic rings. The first-order valence-corrected chi connectivity index (χ1v) is 11.4. The number of hydrogen-bond acceptors (Lipinski definition) is 4. The van der Waals surface area contributed by atoms with E-state index in [1.165, 1.54) is 35.6 Å². The lowest BCUT2D eigenvalue weighted by molar-refractivity contribution is 0.102. The minimum atomic E-state index is -3.74. The van der Waals surface area contributed by atoms with Crippen molar-refractivity contribution in [2.75, 3.05) is 16.7 Å². The van der Waals surface area contributed by atoms with E-state index in [2.05, 4.69) is 10.4 Å². The van der Waals surface area contributed by atoms with Gasteiger partial charge in [-0.3, -0.25) is 9.10 Å². The highest BCUT2D eigenvalue weighted by molar-refractivity contribution is 7.92. The fourth-order valence-electron chi connectivity index (χ4n) is 3.22. The average Bonchev–Trinajstić information content (AvgIpc) is 3.26. The van der Waals surface area contributed by atoms with Gasteiger partial charge in [-0.1, -0.05) is 48.5 Å². The van der Waals surface area contributed by atoms with Crippen LogP contribution in [0, 0.1) is 0 Å². The van der Waals surface area contributed by atoms with E-state index in [0.29, 0.717) is 23.6 Å². The molecule has 0 saturated heterocycles. The number of hydrogen-bond donors (Lipinski definition) is 1. The van der Waals surface area contributed by atoms with Crippen LogP contribution in [-0.2, 0) is 16.6 Å². The largest absolute Gasteiger partial charge is 0.307 e. The number of para-hydroxylation sites is 1. The molecule has 0 aliphatic rings. The van der Waals surface area contributed by atoms with Gasteiger partial charge in [0.05, 0.1) is 23.3 Å². The van der Waals surface area contributed by atoms with Crippen molar-refractivity contribution in [2.45, 2.75) is 11.4 Å². The van der Waals surface area contributed by atoms with Crippen molar-refractivity contribution in [2.24, 2.45) is 0 Å². The third kappa shape index (κ3) is 4.55. The molecule has 0 fully saturated rings. The zero-order valence-electron chi connectivity index (χ0n) is 17.4. The lowest BCUT2D eigenvalue weighted by Gasteiger charge is -2.19. The van der Waals surface area contributed by atoms with E-state index in [1.54, 1.807) is 41.2 Å². The third-order valence-corrected chi connectivity index (χ3v) is 6.83. The lowest BCUT2D eigenvalue weighted by atomic mass is 10.2. The summed E-state index contributed by atoms with van der Waals surface area (Å²) in [6, 6.07) is 26.2. The molecule has 1 heterocycles. The highest BCUT2D eigenvalue weighted by Gasteiger charge is 2.21. The van der Waals surface area contributed by atoms with Crippen LogP contribution in [0.15, 0.2) is 102 Å². The Bertz CT molecular complexity index is 1300. The Balaban J connectivity index is 1.48. The summed E-state index contributed by atoms with van der Waals surface area (Å²) in [5.41, 5.74) is 1.96. The van der Waals surface area contributed by atoms with Crippen LogP contribution in [-0.4, -0.2) is 31.2 Å². The van der Waals surface area contributed by atoms with Crippen molar-refractivity contribution < 1.29 is 13.2 Å². The van der Waals surface area contributed by atoms with Gasteiger partial charge in [-0.15, -0.1) is 0 Å². The summed E-state index contributed by atoms with van der Waals surface area (Å²) in [6.07, 6.45) is 1.62. The number of nitrogens with one attached hydrogen (secondary N) is 1. The van der Waals surface area contributed by atoms with Crippen LogP contribution in [0.1, 0.15) is 15.9 Å². The molecule has 0 saturated carbocycles. The average molecular weight is 447 g/mol. The predicted molar refractivity (Wildman–Crippen MR) is 124 cm³/mol. The second-order valence-electron chi connectivity index (χ2n) is 7.15. The number of anilines is 2. The van der Waals surface area contributed by atoms with Crippen molar-refractivity contribution in [3.8, 4) is 0 Å². The Kier molecular flexibility index (Phi) is 6.04. The van der Waals surface area contributed by atoms with E-state index in [0.717, 1.165) is 5.56 Å². The van der Waals surface area contributed by atoms with E-state index in [1.807, 2.05) is 36.4 Å². The molecule has 1 N–H and O–H groups in total. The number of carbonyl (C=O) groups excluding carboxylic acids is 1. The molecule has 3 aromatic carbocycles. The standard InChI is InChI=1S/C24H22N4O3S/c1-27(21-10-6-3-7-11-21)32(30,31)22-14-12-20(13-15-22)24(29)26-23-16-17-25-28(23)18-19-8-4-2-5-9-19/h2-17H,18H2,1H3,(H,26,29).